The highest BCUT2D eigenvalue weighted by Gasteiger charge is 2.06. The van der Waals surface area contributed by atoms with E-state index in [1.807, 2.05) is 24.3 Å². The number of carbonyl (C=O) groups is 2. The number of aromatic carboxylic acids is 1. The molecular weight excluding hydrogens is 318 g/mol. The van der Waals surface area contributed by atoms with Crippen LogP contribution >= 0.6 is 0 Å². The first kappa shape index (κ1) is 18.5. The summed E-state index contributed by atoms with van der Waals surface area (Å²) in [6.45, 7) is 3.24. The minimum atomic E-state index is -0.975. The summed E-state index contributed by atoms with van der Waals surface area (Å²) in [7, 11) is 0. The fraction of sp³-hybridized carbons (Fsp3) is 0.300. The van der Waals surface area contributed by atoms with E-state index in [0.29, 0.717) is 13.2 Å². The molecule has 0 saturated heterocycles. The Labute approximate surface area is 147 Å². The van der Waals surface area contributed by atoms with Crippen molar-refractivity contribution in [2.24, 2.45) is 0 Å². The van der Waals surface area contributed by atoms with Gasteiger partial charge in [0.15, 0.2) is 0 Å². The third kappa shape index (κ3) is 6.30. The summed E-state index contributed by atoms with van der Waals surface area (Å²) < 4.78 is 5.66. The Bertz CT molecular complexity index is 710. The number of hydrogen-bond donors (Lipinski definition) is 2. The van der Waals surface area contributed by atoms with Gasteiger partial charge in [-0.2, -0.15) is 0 Å². The van der Waals surface area contributed by atoms with Gasteiger partial charge in [-0.25, -0.2) is 4.79 Å². The molecule has 1 amide bonds. The van der Waals surface area contributed by atoms with E-state index >= 15 is 0 Å². The van der Waals surface area contributed by atoms with Crippen LogP contribution in [0.2, 0.25) is 0 Å². The van der Waals surface area contributed by atoms with Gasteiger partial charge in [0.2, 0.25) is 5.91 Å². The van der Waals surface area contributed by atoms with E-state index in [4.69, 9.17) is 9.84 Å². The summed E-state index contributed by atoms with van der Waals surface area (Å²) in [5.74, 6) is -0.276. The maximum Gasteiger partial charge on any atom is 0.335 e. The fourth-order valence-corrected chi connectivity index (χ4v) is 2.29. The number of nitrogens with one attached hydrogen (secondary N) is 1. The minimum Gasteiger partial charge on any atom is -0.494 e. The molecule has 0 unspecified atom stereocenters. The van der Waals surface area contributed by atoms with E-state index in [1.165, 1.54) is 12.1 Å². The van der Waals surface area contributed by atoms with E-state index in [2.05, 4.69) is 12.2 Å². The Balaban J connectivity index is 1.83. The lowest BCUT2D eigenvalue weighted by molar-refractivity contribution is -0.120. The number of benzene rings is 2. The zero-order valence-corrected chi connectivity index (χ0v) is 14.3. The molecule has 0 aliphatic rings. The molecule has 0 aromatic heterocycles. The van der Waals surface area contributed by atoms with Gasteiger partial charge in [-0.05, 0) is 41.8 Å². The van der Waals surface area contributed by atoms with Gasteiger partial charge < -0.3 is 15.2 Å². The number of carbonyl (C=O) groups excluding carboxylic acids is 1. The molecule has 0 radical (unpaired) electrons. The molecule has 0 saturated carbocycles. The van der Waals surface area contributed by atoms with E-state index in [1.54, 1.807) is 12.1 Å². The van der Waals surface area contributed by atoms with Crippen LogP contribution in [-0.4, -0.2) is 23.6 Å². The summed E-state index contributed by atoms with van der Waals surface area (Å²) in [6.07, 6.45) is 2.32. The fourth-order valence-electron chi connectivity index (χ4n) is 2.29. The van der Waals surface area contributed by atoms with Crippen molar-refractivity contribution in [1.82, 2.24) is 5.32 Å². The molecule has 0 spiro atoms. The molecule has 0 atom stereocenters. The quantitative estimate of drug-likeness (QED) is 0.685. The molecule has 132 valence electrons. The lowest BCUT2D eigenvalue weighted by atomic mass is 10.1. The normalized spacial score (nSPS) is 10.3. The summed E-state index contributed by atoms with van der Waals surface area (Å²) in [5, 5.41) is 11.7. The molecule has 2 aromatic rings. The van der Waals surface area contributed by atoms with Gasteiger partial charge in [0.05, 0.1) is 18.6 Å². The van der Waals surface area contributed by atoms with Crippen LogP contribution in [0.25, 0.3) is 0 Å². The van der Waals surface area contributed by atoms with Crippen molar-refractivity contribution in [2.45, 2.75) is 32.7 Å². The molecule has 0 fully saturated rings. The van der Waals surface area contributed by atoms with Crippen LogP contribution in [0.1, 0.15) is 41.3 Å². The van der Waals surface area contributed by atoms with Gasteiger partial charge in [0, 0.05) is 6.54 Å². The van der Waals surface area contributed by atoms with Crippen molar-refractivity contribution >= 4 is 11.9 Å². The molecule has 0 aliphatic carbocycles. The van der Waals surface area contributed by atoms with Gasteiger partial charge in [0.25, 0.3) is 0 Å². The maximum atomic E-state index is 12.0. The topological polar surface area (TPSA) is 75.6 Å². The van der Waals surface area contributed by atoms with Crippen LogP contribution in [-0.2, 0) is 17.8 Å². The monoisotopic (exact) mass is 341 g/mol. The van der Waals surface area contributed by atoms with Crippen LogP contribution in [0, 0.1) is 0 Å². The molecular formula is C20H23NO4. The second kappa shape index (κ2) is 9.47. The smallest absolute Gasteiger partial charge is 0.335 e. The first-order chi connectivity index (χ1) is 12.1. The van der Waals surface area contributed by atoms with E-state index in [-0.39, 0.29) is 17.9 Å². The molecule has 5 heteroatoms. The van der Waals surface area contributed by atoms with Gasteiger partial charge in [-0.3, -0.25) is 4.79 Å². The predicted molar refractivity (Wildman–Crippen MR) is 95.8 cm³/mol. The molecule has 5 nitrogen and oxygen atoms in total. The second-order valence-corrected chi connectivity index (χ2v) is 5.81. The van der Waals surface area contributed by atoms with Crippen LogP contribution in [0.5, 0.6) is 5.75 Å². The maximum absolute atomic E-state index is 12.0. The average molecular weight is 341 g/mol. The van der Waals surface area contributed by atoms with Crippen molar-refractivity contribution in [2.75, 3.05) is 6.61 Å². The lowest BCUT2D eigenvalue weighted by Crippen LogP contribution is -2.24. The Hall–Kier alpha value is -2.82. The molecule has 0 bridgehead atoms. The third-order valence-electron chi connectivity index (χ3n) is 3.72. The minimum absolute atomic E-state index is 0.111. The molecule has 0 heterocycles. The average Bonchev–Trinajstić information content (AvgIpc) is 2.61. The van der Waals surface area contributed by atoms with Crippen LogP contribution < -0.4 is 10.1 Å². The first-order valence-corrected chi connectivity index (χ1v) is 8.39. The van der Waals surface area contributed by atoms with Crippen molar-refractivity contribution in [3.63, 3.8) is 0 Å². The molecule has 0 aliphatic heterocycles. The van der Waals surface area contributed by atoms with Gasteiger partial charge in [0.1, 0.15) is 5.75 Å². The number of carboxylic acids is 1. The summed E-state index contributed by atoms with van der Waals surface area (Å²) in [5.41, 5.74) is 1.96. The lowest BCUT2D eigenvalue weighted by Gasteiger charge is -2.09. The first-order valence-electron chi connectivity index (χ1n) is 8.39. The van der Waals surface area contributed by atoms with Gasteiger partial charge in [-0.1, -0.05) is 37.6 Å². The highest BCUT2D eigenvalue weighted by Crippen LogP contribution is 2.14. The Morgan fingerprint density at radius 1 is 1.08 bits per heavy atom. The van der Waals surface area contributed by atoms with E-state index in [9.17, 15) is 9.59 Å². The largest absolute Gasteiger partial charge is 0.494 e. The van der Waals surface area contributed by atoms with Gasteiger partial charge >= 0.3 is 5.97 Å². The summed E-state index contributed by atoms with van der Waals surface area (Å²) in [6, 6.07) is 14.0. The zero-order chi connectivity index (χ0) is 18.1. The molecule has 2 rings (SSSR count). The predicted octanol–water partition coefficient (Wildman–Crippen LogP) is 3.42. The van der Waals surface area contributed by atoms with Gasteiger partial charge in [-0.15, -0.1) is 0 Å². The Morgan fingerprint density at radius 2 is 1.84 bits per heavy atom. The number of rotatable bonds is 9. The highest BCUT2D eigenvalue weighted by atomic mass is 16.5. The van der Waals surface area contributed by atoms with Crippen molar-refractivity contribution in [3.05, 3.63) is 65.2 Å². The number of unbranched alkanes of at least 4 members (excludes halogenated alkanes) is 1. The number of hydrogen-bond acceptors (Lipinski definition) is 3. The summed E-state index contributed by atoms with van der Waals surface area (Å²) in [4.78, 5) is 22.9. The van der Waals surface area contributed by atoms with Crippen molar-refractivity contribution in [3.8, 4) is 5.75 Å². The van der Waals surface area contributed by atoms with Crippen molar-refractivity contribution in [1.29, 1.82) is 0 Å². The second-order valence-electron chi connectivity index (χ2n) is 5.81. The highest BCUT2D eigenvalue weighted by molar-refractivity contribution is 5.87. The van der Waals surface area contributed by atoms with Crippen molar-refractivity contribution < 1.29 is 19.4 Å². The van der Waals surface area contributed by atoms with Crippen LogP contribution in [0.15, 0.2) is 48.5 Å². The summed E-state index contributed by atoms with van der Waals surface area (Å²) >= 11 is 0. The van der Waals surface area contributed by atoms with Crippen LogP contribution in [0.4, 0.5) is 0 Å². The molecule has 2 N–H and O–H groups in total. The number of amides is 1. The van der Waals surface area contributed by atoms with E-state index in [0.717, 1.165) is 29.7 Å². The zero-order valence-electron chi connectivity index (χ0n) is 14.3. The number of ether oxygens (including phenoxy) is 1. The number of carboxylic acid groups (broad SMARTS) is 1. The molecule has 2 aromatic carbocycles. The standard InChI is InChI=1S/C20H23NO4/c1-2-3-11-25-18-6-4-5-16(12-18)14-21-19(22)13-15-7-9-17(10-8-15)20(23)24/h4-10,12H,2-3,11,13-14H2,1H3,(H,21,22)(H,23,24). The third-order valence-corrected chi connectivity index (χ3v) is 3.72. The van der Waals surface area contributed by atoms with E-state index < -0.39 is 5.97 Å². The Kier molecular flexibility index (Phi) is 7.01. The SMILES string of the molecule is CCCCOc1cccc(CNC(=O)Cc2ccc(C(=O)O)cc2)c1. The molecule has 25 heavy (non-hydrogen) atoms. The van der Waals surface area contributed by atoms with Crippen LogP contribution in [0.3, 0.4) is 0 Å². The Morgan fingerprint density at radius 3 is 2.52 bits per heavy atom.